The van der Waals surface area contributed by atoms with Gasteiger partial charge in [-0.3, -0.25) is 4.79 Å². The third-order valence-corrected chi connectivity index (χ3v) is 6.41. The van der Waals surface area contributed by atoms with E-state index in [4.69, 9.17) is 4.74 Å². The maximum Gasteiger partial charge on any atom is 0.252 e. The molecule has 0 unspecified atom stereocenters. The van der Waals surface area contributed by atoms with Crippen molar-refractivity contribution in [3.8, 4) is 5.75 Å². The standard InChI is InChI=1S/C25H28N2O4S/c1-4-31-22-16-15-21(17-23(22)32(29,30)27-18(2)3)25(28)26-24(19-11-7-5-8-12-19)20-13-9-6-10-14-20/h5-18,24,27H,4H2,1-3H3,(H,26,28). The van der Waals surface area contributed by atoms with Crippen molar-refractivity contribution in [1.82, 2.24) is 10.0 Å². The molecule has 1 amide bonds. The number of rotatable bonds is 9. The van der Waals surface area contributed by atoms with Crippen LogP contribution in [0.1, 0.15) is 48.3 Å². The molecule has 0 heterocycles. The van der Waals surface area contributed by atoms with Crippen molar-refractivity contribution in [2.24, 2.45) is 0 Å². The van der Waals surface area contributed by atoms with E-state index >= 15 is 0 Å². The molecule has 3 aromatic carbocycles. The van der Waals surface area contributed by atoms with Gasteiger partial charge in [0.25, 0.3) is 5.91 Å². The van der Waals surface area contributed by atoms with E-state index in [1.165, 1.54) is 12.1 Å². The molecule has 0 saturated heterocycles. The number of ether oxygens (including phenoxy) is 1. The van der Waals surface area contributed by atoms with Crippen LogP contribution in [0.4, 0.5) is 0 Å². The van der Waals surface area contributed by atoms with Gasteiger partial charge in [-0.1, -0.05) is 60.7 Å². The smallest absolute Gasteiger partial charge is 0.252 e. The summed E-state index contributed by atoms with van der Waals surface area (Å²) in [5.74, 6) is -0.174. The van der Waals surface area contributed by atoms with Crippen LogP contribution in [0.2, 0.25) is 0 Å². The zero-order valence-electron chi connectivity index (χ0n) is 18.4. The summed E-state index contributed by atoms with van der Waals surface area (Å²) in [7, 11) is -3.86. The molecule has 168 valence electrons. The van der Waals surface area contributed by atoms with Crippen LogP contribution in [0.15, 0.2) is 83.8 Å². The Morgan fingerprint density at radius 2 is 1.47 bits per heavy atom. The van der Waals surface area contributed by atoms with Crippen molar-refractivity contribution < 1.29 is 17.9 Å². The normalized spacial score (nSPS) is 11.5. The van der Waals surface area contributed by atoms with E-state index in [0.29, 0.717) is 6.61 Å². The van der Waals surface area contributed by atoms with E-state index in [9.17, 15) is 13.2 Å². The topological polar surface area (TPSA) is 84.5 Å². The lowest BCUT2D eigenvalue weighted by Crippen LogP contribution is -2.32. The van der Waals surface area contributed by atoms with Crippen LogP contribution in [-0.4, -0.2) is 27.0 Å². The second-order valence-corrected chi connectivity index (χ2v) is 9.28. The number of carbonyl (C=O) groups is 1. The third-order valence-electron chi connectivity index (χ3n) is 4.73. The van der Waals surface area contributed by atoms with E-state index in [1.54, 1.807) is 26.8 Å². The highest BCUT2D eigenvalue weighted by Crippen LogP contribution is 2.27. The molecule has 2 N–H and O–H groups in total. The van der Waals surface area contributed by atoms with E-state index in [0.717, 1.165) is 11.1 Å². The summed E-state index contributed by atoms with van der Waals surface area (Å²) in [6.45, 7) is 5.55. The highest BCUT2D eigenvalue weighted by Gasteiger charge is 2.24. The largest absolute Gasteiger partial charge is 0.492 e. The van der Waals surface area contributed by atoms with Gasteiger partial charge in [-0.2, -0.15) is 0 Å². The van der Waals surface area contributed by atoms with Gasteiger partial charge in [-0.05, 0) is 50.1 Å². The lowest BCUT2D eigenvalue weighted by molar-refractivity contribution is 0.0942. The molecule has 0 spiro atoms. The summed E-state index contributed by atoms with van der Waals surface area (Å²) in [5, 5.41) is 3.04. The van der Waals surface area contributed by atoms with Gasteiger partial charge in [0.05, 0.1) is 12.6 Å². The average molecular weight is 453 g/mol. The van der Waals surface area contributed by atoms with Gasteiger partial charge in [0.2, 0.25) is 10.0 Å². The van der Waals surface area contributed by atoms with E-state index < -0.39 is 10.0 Å². The van der Waals surface area contributed by atoms with Gasteiger partial charge in [0.1, 0.15) is 10.6 Å². The molecule has 3 aromatic rings. The number of hydrogen-bond donors (Lipinski definition) is 2. The molecule has 0 radical (unpaired) electrons. The Bertz CT molecular complexity index is 1110. The van der Waals surface area contributed by atoms with Gasteiger partial charge in [-0.15, -0.1) is 0 Å². The first kappa shape index (κ1) is 23.5. The highest BCUT2D eigenvalue weighted by molar-refractivity contribution is 7.89. The predicted octanol–water partition coefficient (Wildman–Crippen LogP) is 4.29. The molecule has 0 saturated carbocycles. The predicted molar refractivity (Wildman–Crippen MR) is 125 cm³/mol. The van der Waals surface area contributed by atoms with Crippen LogP contribution < -0.4 is 14.8 Å². The number of hydrogen-bond acceptors (Lipinski definition) is 4. The summed E-state index contributed by atoms with van der Waals surface area (Å²) in [5.41, 5.74) is 2.08. The fraction of sp³-hybridized carbons (Fsp3) is 0.240. The minimum atomic E-state index is -3.86. The number of benzene rings is 3. The first-order valence-electron chi connectivity index (χ1n) is 10.5. The Labute approximate surface area is 189 Å². The first-order valence-corrected chi connectivity index (χ1v) is 12.0. The molecular weight excluding hydrogens is 424 g/mol. The Balaban J connectivity index is 1.98. The van der Waals surface area contributed by atoms with Crippen LogP contribution in [0.3, 0.4) is 0 Å². The van der Waals surface area contributed by atoms with E-state index in [1.807, 2.05) is 60.7 Å². The minimum absolute atomic E-state index is 0.0586. The van der Waals surface area contributed by atoms with E-state index in [2.05, 4.69) is 10.0 Å². The fourth-order valence-corrected chi connectivity index (χ4v) is 4.79. The summed E-state index contributed by atoms with van der Waals surface area (Å²) in [6, 6.07) is 23.0. The third kappa shape index (κ3) is 5.75. The van der Waals surface area contributed by atoms with Crippen molar-refractivity contribution in [3.05, 3.63) is 95.6 Å². The molecule has 0 aromatic heterocycles. The van der Waals surface area contributed by atoms with Crippen LogP contribution in [0.25, 0.3) is 0 Å². The molecule has 0 bridgehead atoms. The molecule has 32 heavy (non-hydrogen) atoms. The second kappa shape index (κ2) is 10.4. The highest BCUT2D eigenvalue weighted by atomic mass is 32.2. The Kier molecular flexibility index (Phi) is 7.66. The maximum atomic E-state index is 13.2. The van der Waals surface area contributed by atoms with Crippen molar-refractivity contribution in [2.45, 2.75) is 37.8 Å². The van der Waals surface area contributed by atoms with Crippen LogP contribution >= 0.6 is 0 Å². The van der Waals surface area contributed by atoms with Gasteiger partial charge in [-0.25, -0.2) is 13.1 Å². The number of nitrogens with one attached hydrogen (secondary N) is 2. The Hall–Kier alpha value is -3.16. The molecule has 7 heteroatoms. The monoisotopic (exact) mass is 452 g/mol. The summed E-state index contributed by atoms with van der Waals surface area (Å²) < 4.78 is 33.8. The first-order chi connectivity index (χ1) is 15.3. The molecular formula is C25H28N2O4S. The molecule has 0 aliphatic carbocycles. The molecule has 6 nitrogen and oxygen atoms in total. The maximum absolute atomic E-state index is 13.2. The zero-order valence-corrected chi connectivity index (χ0v) is 19.2. The average Bonchev–Trinajstić information content (AvgIpc) is 2.78. The molecule has 0 fully saturated rings. The lowest BCUT2D eigenvalue weighted by Gasteiger charge is -2.20. The summed E-state index contributed by atoms with van der Waals surface area (Å²) >= 11 is 0. The van der Waals surface area contributed by atoms with Gasteiger partial charge in [0.15, 0.2) is 0 Å². The second-order valence-electron chi connectivity index (χ2n) is 7.60. The minimum Gasteiger partial charge on any atom is -0.492 e. The van der Waals surface area contributed by atoms with Gasteiger partial charge < -0.3 is 10.1 Å². The quantitative estimate of drug-likeness (QED) is 0.507. The molecule has 3 rings (SSSR count). The van der Waals surface area contributed by atoms with Crippen LogP contribution in [0, 0.1) is 0 Å². The number of sulfonamides is 1. The van der Waals surface area contributed by atoms with Crippen molar-refractivity contribution >= 4 is 15.9 Å². The summed E-state index contributed by atoms with van der Waals surface area (Å²) in [6.07, 6.45) is 0. The molecule has 0 aliphatic heterocycles. The Morgan fingerprint density at radius 1 is 0.906 bits per heavy atom. The Morgan fingerprint density at radius 3 is 1.97 bits per heavy atom. The van der Waals surface area contributed by atoms with Crippen molar-refractivity contribution in [1.29, 1.82) is 0 Å². The summed E-state index contributed by atoms with van der Waals surface area (Å²) in [4.78, 5) is 13.1. The van der Waals surface area contributed by atoms with Crippen molar-refractivity contribution in [2.75, 3.05) is 6.61 Å². The fourth-order valence-electron chi connectivity index (χ4n) is 3.37. The lowest BCUT2D eigenvalue weighted by atomic mass is 9.98. The van der Waals surface area contributed by atoms with Crippen LogP contribution in [0.5, 0.6) is 5.75 Å². The van der Waals surface area contributed by atoms with Gasteiger partial charge in [0, 0.05) is 11.6 Å². The molecule has 0 aliphatic rings. The number of carbonyl (C=O) groups excluding carboxylic acids is 1. The number of amides is 1. The van der Waals surface area contributed by atoms with E-state index in [-0.39, 0.29) is 34.2 Å². The van der Waals surface area contributed by atoms with Gasteiger partial charge >= 0.3 is 0 Å². The zero-order chi connectivity index (χ0) is 23.1. The van der Waals surface area contributed by atoms with Crippen LogP contribution in [-0.2, 0) is 10.0 Å². The SMILES string of the molecule is CCOc1ccc(C(=O)NC(c2ccccc2)c2ccccc2)cc1S(=O)(=O)NC(C)C. The molecule has 0 atom stereocenters. The van der Waals surface area contributed by atoms with Crippen molar-refractivity contribution in [3.63, 3.8) is 0 Å².